The molecule has 1 aromatic carbocycles. The molecule has 0 saturated carbocycles. The maximum Gasteiger partial charge on any atom is 0.410 e. The van der Waals surface area contributed by atoms with Crippen molar-refractivity contribution in [3.8, 4) is 0 Å². The Bertz CT molecular complexity index is 645. The summed E-state index contributed by atoms with van der Waals surface area (Å²) in [5.74, 6) is 0. The van der Waals surface area contributed by atoms with Crippen LogP contribution >= 0.6 is 0 Å². The molecular formula is C20H29N3O4. The Morgan fingerprint density at radius 1 is 0.963 bits per heavy atom. The number of likely N-dealkylation sites (tertiary alicyclic amines) is 1. The SMILES string of the molecule is CC(C)(C)OC(=O)N1CCN(C2CN(C(=O)OCc3ccccc3)C2)CC1. The summed E-state index contributed by atoms with van der Waals surface area (Å²) in [5, 5.41) is 0. The van der Waals surface area contributed by atoms with Crippen LogP contribution in [-0.4, -0.2) is 77.8 Å². The Labute approximate surface area is 160 Å². The number of hydrogen-bond acceptors (Lipinski definition) is 5. The van der Waals surface area contributed by atoms with E-state index in [1.165, 1.54) is 0 Å². The first-order valence-corrected chi connectivity index (χ1v) is 9.49. The van der Waals surface area contributed by atoms with Gasteiger partial charge in [-0.1, -0.05) is 30.3 Å². The molecule has 2 fully saturated rings. The molecule has 3 rings (SSSR count). The number of carbonyl (C=O) groups is 2. The van der Waals surface area contributed by atoms with E-state index in [1.54, 1.807) is 9.80 Å². The zero-order valence-electron chi connectivity index (χ0n) is 16.4. The Morgan fingerprint density at radius 2 is 1.59 bits per heavy atom. The summed E-state index contributed by atoms with van der Waals surface area (Å²) >= 11 is 0. The second kappa shape index (κ2) is 8.17. The number of ether oxygens (including phenoxy) is 2. The summed E-state index contributed by atoms with van der Waals surface area (Å²) in [7, 11) is 0. The van der Waals surface area contributed by atoms with Gasteiger partial charge in [-0.3, -0.25) is 4.90 Å². The van der Waals surface area contributed by atoms with Gasteiger partial charge in [0.15, 0.2) is 0 Å². The van der Waals surface area contributed by atoms with Crippen molar-refractivity contribution in [3.63, 3.8) is 0 Å². The molecule has 2 heterocycles. The molecule has 0 aliphatic carbocycles. The predicted molar refractivity (Wildman–Crippen MR) is 101 cm³/mol. The predicted octanol–water partition coefficient (Wildman–Crippen LogP) is 2.56. The molecule has 2 amide bonds. The topological polar surface area (TPSA) is 62.3 Å². The van der Waals surface area contributed by atoms with Crippen LogP contribution in [0, 0.1) is 0 Å². The maximum absolute atomic E-state index is 12.1. The molecule has 7 heteroatoms. The van der Waals surface area contributed by atoms with Crippen LogP contribution in [0.25, 0.3) is 0 Å². The van der Waals surface area contributed by atoms with Gasteiger partial charge < -0.3 is 19.3 Å². The van der Waals surface area contributed by atoms with E-state index in [1.807, 2.05) is 51.1 Å². The first kappa shape index (κ1) is 19.5. The van der Waals surface area contributed by atoms with Gasteiger partial charge in [0, 0.05) is 45.3 Å². The van der Waals surface area contributed by atoms with Crippen LogP contribution in [0.2, 0.25) is 0 Å². The Kier molecular flexibility index (Phi) is 5.89. The number of nitrogens with zero attached hydrogens (tertiary/aromatic N) is 3. The van der Waals surface area contributed by atoms with Crippen molar-refractivity contribution >= 4 is 12.2 Å². The first-order valence-electron chi connectivity index (χ1n) is 9.49. The smallest absolute Gasteiger partial charge is 0.410 e. The summed E-state index contributed by atoms with van der Waals surface area (Å²) in [6.45, 7) is 10.2. The van der Waals surface area contributed by atoms with E-state index < -0.39 is 5.60 Å². The normalized spacial score (nSPS) is 18.8. The number of rotatable bonds is 3. The Hall–Kier alpha value is -2.28. The quantitative estimate of drug-likeness (QED) is 0.813. The van der Waals surface area contributed by atoms with E-state index in [4.69, 9.17) is 9.47 Å². The third-order valence-electron chi connectivity index (χ3n) is 4.81. The minimum Gasteiger partial charge on any atom is -0.445 e. The highest BCUT2D eigenvalue weighted by atomic mass is 16.6. The van der Waals surface area contributed by atoms with Crippen LogP contribution in [0.5, 0.6) is 0 Å². The Balaban J connectivity index is 1.35. The van der Waals surface area contributed by atoms with Gasteiger partial charge in [-0.05, 0) is 26.3 Å². The van der Waals surface area contributed by atoms with Crippen LogP contribution < -0.4 is 0 Å². The van der Waals surface area contributed by atoms with E-state index in [0.717, 1.165) is 18.7 Å². The molecule has 1 aromatic rings. The third-order valence-corrected chi connectivity index (χ3v) is 4.81. The van der Waals surface area contributed by atoms with Gasteiger partial charge >= 0.3 is 12.2 Å². The largest absolute Gasteiger partial charge is 0.445 e. The van der Waals surface area contributed by atoms with Gasteiger partial charge in [-0.2, -0.15) is 0 Å². The van der Waals surface area contributed by atoms with Crippen LogP contribution in [0.15, 0.2) is 30.3 Å². The lowest BCUT2D eigenvalue weighted by Crippen LogP contribution is -2.64. The first-order chi connectivity index (χ1) is 12.8. The molecular weight excluding hydrogens is 346 g/mol. The monoisotopic (exact) mass is 375 g/mol. The maximum atomic E-state index is 12.1. The molecule has 0 atom stereocenters. The second-order valence-corrected chi connectivity index (χ2v) is 8.10. The van der Waals surface area contributed by atoms with Crippen molar-refractivity contribution < 1.29 is 19.1 Å². The summed E-state index contributed by atoms with van der Waals surface area (Å²) in [5.41, 5.74) is 0.518. The van der Waals surface area contributed by atoms with E-state index in [9.17, 15) is 9.59 Å². The molecule has 2 aliphatic rings. The number of hydrogen-bond donors (Lipinski definition) is 0. The zero-order chi connectivity index (χ0) is 19.4. The van der Waals surface area contributed by atoms with Crippen molar-refractivity contribution in [1.82, 2.24) is 14.7 Å². The molecule has 0 N–H and O–H groups in total. The minimum absolute atomic E-state index is 0.248. The van der Waals surface area contributed by atoms with Gasteiger partial charge in [0.1, 0.15) is 12.2 Å². The van der Waals surface area contributed by atoms with Crippen LogP contribution in [0.1, 0.15) is 26.3 Å². The summed E-state index contributed by atoms with van der Waals surface area (Å²) in [6.07, 6.45) is -0.510. The fourth-order valence-electron chi connectivity index (χ4n) is 3.24. The fourth-order valence-corrected chi connectivity index (χ4v) is 3.24. The summed E-state index contributed by atoms with van der Waals surface area (Å²) in [6, 6.07) is 10.0. The van der Waals surface area contributed by atoms with Crippen molar-refractivity contribution in [2.75, 3.05) is 39.3 Å². The van der Waals surface area contributed by atoms with Gasteiger partial charge in [0.25, 0.3) is 0 Å². The van der Waals surface area contributed by atoms with Gasteiger partial charge in [0.05, 0.1) is 0 Å². The van der Waals surface area contributed by atoms with Gasteiger partial charge in [0.2, 0.25) is 0 Å². The molecule has 2 aliphatic heterocycles. The molecule has 27 heavy (non-hydrogen) atoms. The minimum atomic E-state index is -0.469. The number of amides is 2. The number of carbonyl (C=O) groups excluding carboxylic acids is 2. The van der Waals surface area contributed by atoms with E-state index in [-0.39, 0.29) is 12.2 Å². The van der Waals surface area contributed by atoms with E-state index >= 15 is 0 Å². The van der Waals surface area contributed by atoms with Crippen molar-refractivity contribution in [3.05, 3.63) is 35.9 Å². The molecule has 148 valence electrons. The molecule has 0 bridgehead atoms. The van der Waals surface area contributed by atoms with E-state index in [2.05, 4.69) is 4.90 Å². The highest BCUT2D eigenvalue weighted by Gasteiger charge is 2.37. The van der Waals surface area contributed by atoms with Crippen molar-refractivity contribution in [2.45, 2.75) is 39.0 Å². The average molecular weight is 375 g/mol. The molecule has 2 saturated heterocycles. The average Bonchev–Trinajstić information content (AvgIpc) is 2.59. The van der Waals surface area contributed by atoms with Crippen LogP contribution in [0.3, 0.4) is 0 Å². The highest BCUT2D eigenvalue weighted by molar-refractivity contribution is 5.69. The third kappa shape index (κ3) is 5.35. The molecule has 0 spiro atoms. The van der Waals surface area contributed by atoms with Crippen molar-refractivity contribution in [2.24, 2.45) is 0 Å². The van der Waals surface area contributed by atoms with Gasteiger partial charge in [-0.15, -0.1) is 0 Å². The van der Waals surface area contributed by atoms with Crippen molar-refractivity contribution in [1.29, 1.82) is 0 Å². The standard InChI is InChI=1S/C20H29N3O4/c1-20(2,3)27-19(25)22-11-9-21(10-12-22)17-13-23(14-17)18(24)26-15-16-7-5-4-6-8-16/h4-8,17H,9-15H2,1-3H3. The van der Waals surface area contributed by atoms with Gasteiger partial charge in [-0.25, -0.2) is 9.59 Å². The molecule has 0 unspecified atom stereocenters. The zero-order valence-corrected chi connectivity index (χ0v) is 16.4. The van der Waals surface area contributed by atoms with E-state index in [0.29, 0.717) is 38.8 Å². The lowest BCUT2D eigenvalue weighted by atomic mass is 10.1. The van der Waals surface area contributed by atoms with Crippen LogP contribution in [0.4, 0.5) is 9.59 Å². The number of piperazine rings is 1. The second-order valence-electron chi connectivity index (χ2n) is 8.10. The lowest BCUT2D eigenvalue weighted by Gasteiger charge is -2.47. The summed E-state index contributed by atoms with van der Waals surface area (Å²) < 4.78 is 10.8. The summed E-state index contributed by atoms with van der Waals surface area (Å²) in [4.78, 5) is 30.1. The van der Waals surface area contributed by atoms with Crippen LogP contribution in [-0.2, 0) is 16.1 Å². The number of benzene rings is 1. The lowest BCUT2D eigenvalue weighted by molar-refractivity contribution is -0.0131. The molecule has 7 nitrogen and oxygen atoms in total. The highest BCUT2D eigenvalue weighted by Crippen LogP contribution is 2.19. The molecule has 0 aromatic heterocycles. The molecule has 0 radical (unpaired) electrons. The Morgan fingerprint density at radius 3 is 2.19 bits per heavy atom. The fraction of sp³-hybridized carbons (Fsp3) is 0.600.